The van der Waals surface area contributed by atoms with E-state index in [4.69, 9.17) is 9.47 Å². The average Bonchev–Trinajstić information content (AvgIpc) is 2.52. The second-order valence-corrected chi connectivity index (χ2v) is 4.79. The molecule has 0 bridgehead atoms. The van der Waals surface area contributed by atoms with Crippen molar-refractivity contribution in [1.82, 2.24) is 10.6 Å². The molecule has 1 unspecified atom stereocenters. The van der Waals surface area contributed by atoms with Gasteiger partial charge in [-0.05, 0) is 31.6 Å². The van der Waals surface area contributed by atoms with Crippen LogP contribution in [0.5, 0.6) is 0 Å². The van der Waals surface area contributed by atoms with Crippen LogP contribution >= 0.6 is 0 Å². The van der Waals surface area contributed by atoms with E-state index >= 15 is 0 Å². The van der Waals surface area contributed by atoms with Gasteiger partial charge in [0.2, 0.25) is 0 Å². The Hall–Kier alpha value is -1.43. The van der Waals surface area contributed by atoms with Gasteiger partial charge in [-0.25, -0.2) is 0 Å². The van der Waals surface area contributed by atoms with Crippen LogP contribution in [0.15, 0.2) is 24.3 Å². The highest BCUT2D eigenvalue weighted by atomic mass is 16.6. The lowest BCUT2D eigenvalue weighted by atomic mass is 10.0. The van der Waals surface area contributed by atoms with Gasteiger partial charge < -0.3 is 20.1 Å². The molecule has 0 spiro atoms. The first kappa shape index (κ1) is 15.0. The third kappa shape index (κ3) is 4.30. The maximum Gasteiger partial charge on any atom is 0.251 e. The number of carbonyl (C=O) groups is 1. The first-order valence-corrected chi connectivity index (χ1v) is 7.01. The molecule has 0 saturated carbocycles. The minimum absolute atomic E-state index is 0.0443. The van der Waals surface area contributed by atoms with Gasteiger partial charge in [-0.1, -0.05) is 18.2 Å². The number of amides is 1. The van der Waals surface area contributed by atoms with E-state index in [9.17, 15) is 4.79 Å². The third-order valence-corrected chi connectivity index (χ3v) is 3.28. The summed E-state index contributed by atoms with van der Waals surface area (Å²) < 4.78 is 10.8. The Kier molecular flexibility index (Phi) is 5.98. The van der Waals surface area contributed by atoms with Crippen LogP contribution in [-0.2, 0) is 15.9 Å². The normalized spacial score (nSPS) is 18.8. The zero-order valence-corrected chi connectivity index (χ0v) is 11.9. The molecular weight excluding hydrogens is 256 g/mol. The standard InChI is InChI=1S/C15H22N2O3/c1-16-7-6-12-4-2-3-5-14(12)15(18)17-10-13-11-19-8-9-20-13/h2-5,13,16H,6-11H2,1H3,(H,17,18). The van der Waals surface area contributed by atoms with Crippen molar-refractivity contribution in [3.63, 3.8) is 0 Å². The molecule has 1 heterocycles. The Bertz CT molecular complexity index is 431. The van der Waals surface area contributed by atoms with Crippen LogP contribution in [0.25, 0.3) is 0 Å². The van der Waals surface area contributed by atoms with E-state index < -0.39 is 0 Å². The van der Waals surface area contributed by atoms with Crippen LogP contribution in [0.1, 0.15) is 15.9 Å². The summed E-state index contributed by atoms with van der Waals surface area (Å²) in [6, 6.07) is 7.70. The molecule has 1 atom stereocenters. The molecule has 1 aliphatic heterocycles. The molecule has 5 nitrogen and oxygen atoms in total. The third-order valence-electron chi connectivity index (χ3n) is 3.28. The van der Waals surface area contributed by atoms with Gasteiger partial charge in [0.15, 0.2) is 0 Å². The van der Waals surface area contributed by atoms with Gasteiger partial charge in [0.05, 0.1) is 25.9 Å². The Labute approximate surface area is 119 Å². The molecule has 0 radical (unpaired) electrons. The molecule has 1 aromatic rings. The van der Waals surface area contributed by atoms with Crippen molar-refractivity contribution >= 4 is 5.91 Å². The second kappa shape index (κ2) is 7.99. The Morgan fingerprint density at radius 1 is 1.35 bits per heavy atom. The van der Waals surface area contributed by atoms with E-state index in [0.29, 0.717) is 26.4 Å². The second-order valence-electron chi connectivity index (χ2n) is 4.79. The summed E-state index contributed by atoms with van der Waals surface area (Å²) in [5.41, 5.74) is 1.79. The summed E-state index contributed by atoms with van der Waals surface area (Å²) in [4.78, 5) is 12.2. The molecule has 1 amide bonds. The van der Waals surface area contributed by atoms with Gasteiger partial charge >= 0.3 is 0 Å². The lowest BCUT2D eigenvalue weighted by Crippen LogP contribution is -2.40. The topological polar surface area (TPSA) is 59.6 Å². The molecule has 2 N–H and O–H groups in total. The van der Waals surface area contributed by atoms with Crippen LogP contribution in [0.4, 0.5) is 0 Å². The fourth-order valence-electron chi connectivity index (χ4n) is 2.18. The van der Waals surface area contributed by atoms with E-state index in [-0.39, 0.29) is 12.0 Å². The van der Waals surface area contributed by atoms with Gasteiger partial charge in [0, 0.05) is 12.1 Å². The van der Waals surface area contributed by atoms with Crippen molar-refractivity contribution in [3.05, 3.63) is 35.4 Å². The number of hydrogen-bond acceptors (Lipinski definition) is 4. The monoisotopic (exact) mass is 278 g/mol. The maximum absolute atomic E-state index is 12.2. The van der Waals surface area contributed by atoms with E-state index in [1.54, 1.807) is 0 Å². The molecule has 1 aliphatic rings. The molecule has 1 aromatic carbocycles. The van der Waals surface area contributed by atoms with Crippen molar-refractivity contribution in [2.75, 3.05) is 40.0 Å². The molecule has 1 fully saturated rings. The fourth-order valence-corrected chi connectivity index (χ4v) is 2.18. The van der Waals surface area contributed by atoms with Crippen LogP contribution in [-0.4, -0.2) is 52.0 Å². The quantitative estimate of drug-likeness (QED) is 0.800. The molecule has 110 valence electrons. The maximum atomic E-state index is 12.2. The van der Waals surface area contributed by atoms with Crippen molar-refractivity contribution in [3.8, 4) is 0 Å². The summed E-state index contributed by atoms with van der Waals surface area (Å²) in [5.74, 6) is -0.0501. The van der Waals surface area contributed by atoms with Crippen molar-refractivity contribution < 1.29 is 14.3 Å². The first-order chi connectivity index (χ1) is 9.81. The number of ether oxygens (including phenoxy) is 2. The van der Waals surface area contributed by atoms with Crippen molar-refractivity contribution in [1.29, 1.82) is 0 Å². The predicted molar refractivity (Wildman–Crippen MR) is 77.0 cm³/mol. The highest BCUT2D eigenvalue weighted by Crippen LogP contribution is 2.09. The van der Waals surface area contributed by atoms with Gasteiger partial charge in [0.25, 0.3) is 5.91 Å². The van der Waals surface area contributed by atoms with Gasteiger partial charge in [-0.2, -0.15) is 0 Å². The number of rotatable bonds is 6. The number of likely N-dealkylation sites (N-methyl/N-ethyl adjacent to an activating group) is 1. The van der Waals surface area contributed by atoms with Crippen LogP contribution in [0.2, 0.25) is 0 Å². The molecule has 0 aromatic heterocycles. The minimum Gasteiger partial charge on any atom is -0.376 e. The van der Waals surface area contributed by atoms with E-state index in [0.717, 1.165) is 24.1 Å². The fraction of sp³-hybridized carbons (Fsp3) is 0.533. The smallest absolute Gasteiger partial charge is 0.251 e. The van der Waals surface area contributed by atoms with E-state index in [1.807, 2.05) is 31.3 Å². The minimum atomic E-state index is -0.0501. The molecular formula is C15H22N2O3. The lowest BCUT2D eigenvalue weighted by Gasteiger charge is -2.23. The number of nitrogens with one attached hydrogen (secondary N) is 2. The zero-order valence-electron chi connectivity index (χ0n) is 11.9. The number of carbonyl (C=O) groups excluding carboxylic acids is 1. The SMILES string of the molecule is CNCCc1ccccc1C(=O)NCC1COCCO1. The van der Waals surface area contributed by atoms with Crippen LogP contribution in [0, 0.1) is 0 Å². The molecule has 5 heteroatoms. The summed E-state index contributed by atoms with van der Waals surface area (Å²) in [7, 11) is 1.91. The predicted octanol–water partition coefficient (Wildman–Crippen LogP) is 0.594. The van der Waals surface area contributed by atoms with E-state index in [1.165, 1.54) is 0 Å². The van der Waals surface area contributed by atoms with Crippen molar-refractivity contribution in [2.24, 2.45) is 0 Å². The average molecular weight is 278 g/mol. The van der Waals surface area contributed by atoms with Crippen LogP contribution in [0.3, 0.4) is 0 Å². The Balaban J connectivity index is 1.90. The Morgan fingerprint density at radius 2 is 2.20 bits per heavy atom. The first-order valence-electron chi connectivity index (χ1n) is 7.01. The zero-order chi connectivity index (χ0) is 14.2. The van der Waals surface area contributed by atoms with Gasteiger partial charge in [0.1, 0.15) is 0 Å². The summed E-state index contributed by atoms with van der Waals surface area (Å²) >= 11 is 0. The summed E-state index contributed by atoms with van der Waals surface area (Å²) in [6.45, 7) is 3.11. The lowest BCUT2D eigenvalue weighted by molar-refractivity contribution is -0.0855. The summed E-state index contributed by atoms with van der Waals surface area (Å²) in [5, 5.41) is 6.02. The molecule has 1 saturated heterocycles. The van der Waals surface area contributed by atoms with Gasteiger partial charge in [-0.3, -0.25) is 4.79 Å². The van der Waals surface area contributed by atoms with Gasteiger partial charge in [-0.15, -0.1) is 0 Å². The summed E-state index contributed by atoms with van der Waals surface area (Å²) in [6.07, 6.45) is 0.792. The van der Waals surface area contributed by atoms with E-state index in [2.05, 4.69) is 10.6 Å². The van der Waals surface area contributed by atoms with Crippen LogP contribution < -0.4 is 10.6 Å². The highest BCUT2D eigenvalue weighted by molar-refractivity contribution is 5.95. The largest absolute Gasteiger partial charge is 0.376 e. The molecule has 20 heavy (non-hydrogen) atoms. The molecule has 2 rings (SSSR count). The Morgan fingerprint density at radius 3 is 2.95 bits per heavy atom. The highest BCUT2D eigenvalue weighted by Gasteiger charge is 2.16. The number of hydrogen-bond donors (Lipinski definition) is 2. The number of benzene rings is 1. The van der Waals surface area contributed by atoms with Crippen molar-refractivity contribution in [2.45, 2.75) is 12.5 Å². The molecule has 0 aliphatic carbocycles.